The summed E-state index contributed by atoms with van der Waals surface area (Å²) in [7, 11) is 0. The largest absolute Gasteiger partial charge is 0.454 e. The lowest BCUT2D eigenvalue weighted by Crippen LogP contribution is -2.29. The van der Waals surface area contributed by atoms with Crippen molar-refractivity contribution in [3.63, 3.8) is 0 Å². The van der Waals surface area contributed by atoms with Crippen LogP contribution in [0.1, 0.15) is 44.1 Å². The van der Waals surface area contributed by atoms with E-state index in [0.29, 0.717) is 17.1 Å². The van der Waals surface area contributed by atoms with E-state index in [0.717, 1.165) is 25.7 Å². The number of rotatable bonds is 3. The fourth-order valence-electron chi connectivity index (χ4n) is 3.13. The summed E-state index contributed by atoms with van der Waals surface area (Å²) < 4.78 is 10.6. The van der Waals surface area contributed by atoms with Crippen LogP contribution in [0.15, 0.2) is 18.2 Å². The zero-order valence-corrected chi connectivity index (χ0v) is 11.5. The molecule has 0 aromatic heterocycles. The molecule has 0 amide bonds. The lowest BCUT2D eigenvalue weighted by molar-refractivity contribution is -0.128. The van der Waals surface area contributed by atoms with Gasteiger partial charge in [0.2, 0.25) is 6.79 Å². The van der Waals surface area contributed by atoms with Crippen molar-refractivity contribution in [2.75, 3.05) is 6.79 Å². The number of benzene rings is 1. The molecule has 1 aliphatic carbocycles. The molecule has 1 atom stereocenters. The van der Waals surface area contributed by atoms with Gasteiger partial charge in [-0.05, 0) is 30.5 Å². The number of hydrogen-bond acceptors (Lipinski definition) is 4. The van der Waals surface area contributed by atoms with Crippen LogP contribution in [0.3, 0.4) is 0 Å². The highest BCUT2D eigenvalue weighted by Gasteiger charge is 2.40. The molecule has 1 saturated carbocycles. The minimum atomic E-state index is -0.715. The molecule has 1 aliphatic heterocycles. The van der Waals surface area contributed by atoms with E-state index in [1.165, 1.54) is 0 Å². The molecule has 1 aromatic carbocycles. The summed E-state index contributed by atoms with van der Waals surface area (Å²) in [6, 6.07) is 7.48. The number of nitriles is 1. The van der Waals surface area contributed by atoms with E-state index >= 15 is 0 Å². The Kier molecular flexibility index (Phi) is 3.13. The summed E-state index contributed by atoms with van der Waals surface area (Å²) in [6.45, 7) is 2.18. The molecule has 0 radical (unpaired) electrons. The molecule has 0 N–H and O–H groups in total. The van der Waals surface area contributed by atoms with Gasteiger partial charge >= 0.3 is 0 Å². The summed E-state index contributed by atoms with van der Waals surface area (Å²) in [5, 5.41) is 9.43. The molecule has 0 saturated heterocycles. The van der Waals surface area contributed by atoms with Gasteiger partial charge in [-0.3, -0.25) is 4.79 Å². The third-order valence-corrected chi connectivity index (χ3v) is 4.42. The van der Waals surface area contributed by atoms with Gasteiger partial charge in [-0.2, -0.15) is 5.26 Å². The molecule has 2 aliphatic rings. The van der Waals surface area contributed by atoms with Crippen molar-refractivity contribution in [2.24, 2.45) is 5.41 Å². The van der Waals surface area contributed by atoms with E-state index in [1.807, 2.05) is 6.92 Å². The van der Waals surface area contributed by atoms with Crippen molar-refractivity contribution in [3.05, 3.63) is 23.8 Å². The molecule has 1 heterocycles. The maximum atomic E-state index is 12.7. The second kappa shape index (κ2) is 4.82. The van der Waals surface area contributed by atoms with Crippen LogP contribution in [-0.2, 0) is 4.79 Å². The molecule has 4 nitrogen and oxygen atoms in total. The van der Waals surface area contributed by atoms with Crippen molar-refractivity contribution in [1.29, 1.82) is 5.26 Å². The molecule has 3 rings (SSSR count). The highest BCUT2D eigenvalue weighted by Crippen LogP contribution is 2.43. The van der Waals surface area contributed by atoms with Crippen molar-refractivity contribution in [1.82, 2.24) is 0 Å². The number of carbonyl (C=O) groups is 1. The van der Waals surface area contributed by atoms with E-state index in [1.54, 1.807) is 18.2 Å². The highest BCUT2D eigenvalue weighted by molar-refractivity contribution is 5.93. The Hall–Kier alpha value is -2.02. The topological polar surface area (TPSA) is 59.3 Å². The molecule has 104 valence electrons. The predicted molar refractivity (Wildman–Crippen MR) is 72.5 cm³/mol. The van der Waals surface area contributed by atoms with E-state index < -0.39 is 5.92 Å². The van der Waals surface area contributed by atoms with Crippen LogP contribution in [0, 0.1) is 16.7 Å². The summed E-state index contributed by atoms with van der Waals surface area (Å²) in [4.78, 5) is 12.7. The Labute approximate surface area is 118 Å². The van der Waals surface area contributed by atoms with Crippen LogP contribution in [0.25, 0.3) is 0 Å². The first kappa shape index (κ1) is 13.0. The number of carbonyl (C=O) groups excluding carboxylic acids is 1. The summed E-state index contributed by atoms with van der Waals surface area (Å²) >= 11 is 0. The molecule has 1 fully saturated rings. The summed E-state index contributed by atoms with van der Waals surface area (Å²) in [6.07, 6.45) is 3.91. The fraction of sp³-hybridized carbons (Fsp3) is 0.500. The number of fused-ring (bicyclic) bond motifs is 1. The average Bonchev–Trinajstić information content (AvgIpc) is 3.08. The van der Waals surface area contributed by atoms with Crippen molar-refractivity contribution in [3.8, 4) is 17.6 Å². The van der Waals surface area contributed by atoms with Crippen LogP contribution < -0.4 is 9.47 Å². The van der Waals surface area contributed by atoms with Gasteiger partial charge in [0.05, 0.1) is 6.07 Å². The Morgan fingerprint density at radius 1 is 1.30 bits per heavy atom. The third-order valence-electron chi connectivity index (χ3n) is 4.42. The lowest BCUT2D eigenvalue weighted by atomic mass is 9.76. The van der Waals surface area contributed by atoms with Gasteiger partial charge in [0, 0.05) is 5.41 Å². The molecular weight excluding hydrogens is 254 g/mol. The van der Waals surface area contributed by atoms with E-state index in [-0.39, 0.29) is 18.0 Å². The second-order valence-electron chi connectivity index (χ2n) is 5.81. The summed E-state index contributed by atoms with van der Waals surface area (Å²) in [5.41, 5.74) is 0.353. The van der Waals surface area contributed by atoms with Crippen molar-refractivity contribution in [2.45, 2.75) is 38.5 Å². The fourth-order valence-corrected chi connectivity index (χ4v) is 3.13. The van der Waals surface area contributed by atoms with Crippen LogP contribution in [0.2, 0.25) is 0 Å². The Balaban J connectivity index is 1.90. The first-order valence-electron chi connectivity index (χ1n) is 6.97. The van der Waals surface area contributed by atoms with Crippen molar-refractivity contribution >= 4 is 5.78 Å². The molecule has 0 bridgehead atoms. The van der Waals surface area contributed by atoms with Crippen molar-refractivity contribution < 1.29 is 14.3 Å². The number of ketones is 1. The van der Waals surface area contributed by atoms with Crippen LogP contribution in [0.5, 0.6) is 11.5 Å². The molecule has 0 spiro atoms. The van der Waals surface area contributed by atoms with Crippen LogP contribution in [0.4, 0.5) is 0 Å². The predicted octanol–water partition coefficient (Wildman–Crippen LogP) is 3.17. The zero-order valence-electron chi connectivity index (χ0n) is 11.5. The smallest absolute Gasteiger partial charge is 0.231 e. The zero-order chi connectivity index (χ0) is 14.2. The Bertz CT molecular complexity index is 582. The highest BCUT2D eigenvalue weighted by atomic mass is 16.7. The van der Waals surface area contributed by atoms with E-state index in [9.17, 15) is 10.1 Å². The molecular formula is C16H17NO3. The SMILES string of the molecule is CC1(C(=O)C(C#N)c2ccc3c(c2)OCO3)CCCC1. The first-order chi connectivity index (χ1) is 9.64. The monoisotopic (exact) mass is 271 g/mol. The number of nitrogens with zero attached hydrogens (tertiary/aromatic N) is 1. The average molecular weight is 271 g/mol. The van der Waals surface area contributed by atoms with E-state index in [2.05, 4.69) is 6.07 Å². The van der Waals surface area contributed by atoms with Gasteiger partial charge in [-0.25, -0.2) is 0 Å². The standard InChI is InChI=1S/C16H17NO3/c1-16(6-2-3-7-16)15(18)12(9-17)11-4-5-13-14(8-11)20-10-19-13/h4-5,8,12H,2-3,6-7,10H2,1H3. The minimum Gasteiger partial charge on any atom is -0.454 e. The molecule has 4 heteroatoms. The number of ether oxygens (including phenoxy) is 2. The maximum Gasteiger partial charge on any atom is 0.231 e. The van der Waals surface area contributed by atoms with Gasteiger partial charge in [0.15, 0.2) is 17.3 Å². The molecule has 1 aromatic rings. The first-order valence-corrected chi connectivity index (χ1v) is 6.97. The van der Waals surface area contributed by atoms with Gasteiger partial charge in [-0.15, -0.1) is 0 Å². The number of Topliss-reactive ketones (excluding diaryl/α,β-unsaturated/α-hetero) is 1. The molecule has 20 heavy (non-hydrogen) atoms. The molecule has 1 unspecified atom stereocenters. The second-order valence-corrected chi connectivity index (χ2v) is 5.81. The normalized spacial score (nSPS) is 20.4. The van der Waals surface area contributed by atoms with Gasteiger partial charge in [-0.1, -0.05) is 25.8 Å². The van der Waals surface area contributed by atoms with Gasteiger partial charge < -0.3 is 9.47 Å². The Morgan fingerprint density at radius 3 is 2.70 bits per heavy atom. The Morgan fingerprint density at radius 2 is 2.00 bits per heavy atom. The van der Waals surface area contributed by atoms with Gasteiger partial charge in [0.1, 0.15) is 5.92 Å². The lowest BCUT2D eigenvalue weighted by Gasteiger charge is -2.24. The van der Waals surface area contributed by atoms with Crippen LogP contribution in [-0.4, -0.2) is 12.6 Å². The maximum absolute atomic E-state index is 12.7. The summed E-state index contributed by atoms with van der Waals surface area (Å²) in [5.74, 6) is 0.612. The number of hydrogen-bond donors (Lipinski definition) is 0. The third kappa shape index (κ3) is 2.03. The quantitative estimate of drug-likeness (QED) is 0.847. The van der Waals surface area contributed by atoms with E-state index in [4.69, 9.17) is 9.47 Å². The minimum absolute atomic E-state index is 0.0383. The van der Waals surface area contributed by atoms with Crippen LogP contribution >= 0.6 is 0 Å². The van der Waals surface area contributed by atoms with Gasteiger partial charge in [0.25, 0.3) is 0 Å².